The van der Waals surface area contributed by atoms with Gasteiger partial charge in [0.25, 0.3) is 0 Å². The first kappa shape index (κ1) is 9.88. The van der Waals surface area contributed by atoms with E-state index in [-0.39, 0.29) is 0 Å². The molecule has 1 aliphatic rings. The Hall–Kier alpha value is -0.200. The molecule has 2 unspecified atom stereocenters. The van der Waals surface area contributed by atoms with Crippen molar-refractivity contribution in [2.75, 3.05) is 7.11 Å². The van der Waals surface area contributed by atoms with Gasteiger partial charge in [0, 0.05) is 7.11 Å². The molecule has 72 valence electrons. The monoisotopic (exact) mass is 178 g/mol. The predicted molar refractivity (Wildman–Crippen MR) is 39.4 cm³/mol. The molecule has 5 atom stereocenters. The van der Waals surface area contributed by atoms with Gasteiger partial charge in [-0.15, -0.1) is 0 Å². The first-order valence-corrected chi connectivity index (χ1v) is 3.80. The van der Waals surface area contributed by atoms with Crippen molar-refractivity contribution >= 4 is 0 Å². The van der Waals surface area contributed by atoms with Crippen LogP contribution in [0.1, 0.15) is 6.92 Å². The maximum absolute atomic E-state index is 9.27. The highest BCUT2D eigenvalue weighted by molar-refractivity contribution is 4.86. The van der Waals surface area contributed by atoms with Crippen molar-refractivity contribution < 1.29 is 24.8 Å². The Bertz CT molecular complexity index is 146. The summed E-state index contributed by atoms with van der Waals surface area (Å²) in [5, 5.41) is 27.8. The average Bonchev–Trinajstić information content (AvgIpc) is 2.08. The summed E-state index contributed by atoms with van der Waals surface area (Å²) < 4.78 is 9.80. The Morgan fingerprint density at radius 2 is 1.67 bits per heavy atom. The van der Waals surface area contributed by atoms with Gasteiger partial charge in [-0.05, 0) is 6.92 Å². The molecule has 3 N–H and O–H groups in total. The molecule has 1 heterocycles. The van der Waals surface area contributed by atoms with Crippen LogP contribution in [-0.4, -0.2) is 53.1 Å². The molecule has 0 bridgehead atoms. The van der Waals surface area contributed by atoms with Crippen molar-refractivity contribution in [3.8, 4) is 0 Å². The third kappa shape index (κ3) is 1.60. The molecule has 1 aliphatic heterocycles. The number of hydrogen-bond acceptors (Lipinski definition) is 5. The number of aliphatic hydroxyl groups is 3. The molecular weight excluding hydrogens is 164 g/mol. The van der Waals surface area contributed by atoms with E-state index in [1.54, 1.807) is 6.92 Å². The molecule has 0 aromatic carbocycles. The zero-order valence-corrected chi connectivity index (χ0v) is 7.04. The van der Waals surface area contributed by atoms with Crippen LogP contribution in [0.5, 0.6) is 0 Å². The van der Waals surface area contributed by atoms with Gasteiger partial charge < -0.3 is 24.8 Å². The van der Waals surface area contributed by atoms with Gasteiger partial charge in [-0.3, -0.25) is 0 Å². The van der Waals surface area contributed by atoms with Gasteiger partial charge in [0.05, 0.1) is 6.10 Å². The molecule has 0 aromatic rings. The standard InChI is InChI=1S/C7H14O5/c1-3-4(8)5(9)6(10)7(11-2)12-3/h3-10H,1-2H3/t3?,4-,5?,6-,7-/m1/s1. The zero-order chi connectivity index (χ0) is 9.30. The first-order chi connectivity index (χ1) is 5.57. The number of hydrogen-bond donors (Lipinski definition) is 3. The lowest BCUT2D eigenvalue weighted by Crippen LogP contribution is -2.57. The summed E-state index contributed by atoms with van der Waals surface area (Å²) in [5.74, 6) is 0. The fourth-order valence-corrected chi connectivity index (χ4v) is 1.21. The SMILES string of the molecule is CO[C@@H]1OC(C)[C@@H](O)C(O)[C@H]1O. The molecule has 5 heteroatoms. The van der Waals surface area contributed by atoms with E-state index < -0.39 is 30.7 Å². The summed E-state index contributed by atoms with van der Waals surface area (Å²) in [6.45, 7) is 1.60. The normalized spacial score (nSPS) is 49.2. The number of rotatable bonds is 1. The van der Waals surface area contributed by atoms with Crippen LogP contribution in [-0.2, 0) is 9.47 Å². The van der Waals surface area contributed by atoms with E-state index in [2.05, 4.69) is 0 Å². The number of methoxy groups -OCH3 is 1. The summed E-state index contributed by atoms with van der Waals surface area (Å²) in [7, 11) is 1.37. The molecule has 5 nitrogen and oxygen atoms in total. The van der Waals surface area contributed by atoms with Crippen LogP contribution in [0.25, 0.3) is 0 Å². The Balaban J connectivity index is 2.63. The predicted octanol–water partition coefficient (Wildman–Crippen LogP) is -1.54. The largest absolute Gasteiger partial charge is 0.388 e. The van der Waals surface area contributed by atoms with Crippen LogP contribution in [0.15, 0.2) is 0 Å². The molecule has 12 heavy (non-hydrogen) atoms. The van der Waals surface area contributed by atoms with Gasteiger partial charge in [-0.1, -0.05) is 0 Å². The fourth-order valence-electron chi connectivity index (χ4n) is 1.21. The van der Waals surface area contributed by atoms with Crippen molar-refractivity contribution in [1.82, 2.24) is 0 Å². The second kappa shape index (κ2) is 3.68. The number of ether oxygens (including phenoxy) is 2. The molecule has 0 amide bonds. The van der Waals surface area contributed by atoms with Gasteiger partial charge >= 0.3 is 0 Å². The minimum Gasteiger partial charge on any atom is -0.388 e. The lowest BCUT2D eigenvalue weighted by molar-refractivity contribution is -0.286. The molecule has 1 saturated heterocycles. The summed E-state index contributed by atoms with van der Waals surface area (Å²) in [6.07, 6.45) is -4.86. The van der Waals surface area contributed by atoms with Gasteiger partial charge in [0.1, 0.15) is 18.3 Å². The second-order valence-electron chi connectivity index (χ2n) is 2.92. The molecule has 1 fully saturated rings. The Morgan fingerprint density at radius 3 is 2.17 bits per heavy atom. The smallest absolute Gasteiger partial charge is 0.186 e. The quantitative estimate of drug-likeness (QED) is 0.453. The minimum absolute atomic E-state index is 0.534. The lowest BCUT2D eigenvalue weighted by Gasteiger charge is -2.38. The molecule has 0 spiro atoms. The van der Waals surface area contributed by atoms with E-state index in [0.717, 1.165) is 0 Å². The maximum atomic E-state index is 9.27. The van der Waals surface area contributed by atoms with Crippen LogP contribution in [0, 0.1) is 0 Å². The molecule has 0 aromatic heterocycles. The minimum atomic E-state index is -1.21. The van der Waals surface area contributed by atoms with Gasteiger partial charge in [0.2, 0.25) is 0 Å². The Morgan fingerprint density at radius 1 is 1.08 bits per heavy atom. The fraction of sp³-hybridized carbons (Fsp3) is 1.00. The maximum Gasteiger partial charge on any atom is 0.186 e. The highest BCUT2D eigenvalue weighted by Crippen LogP contribution is 2.20. The van der Waals surface area contributed by atoms with Crippen molar-refractivity contribution in [3.63, 3.8) is 0 Å². The summed E-state index contributed by atoms with van der Waals surface area (Å²) in [5.41, 5.74) is 0. The molecule has 0 radical (unpaired) electrons. The Labute approximate surface area is 70.5 Å². The van der Waals surface area contributed by atoms with E-state index in [0.29, 0.717) is 0 Å². The van der Waals surface area contributed by atoms with Gasteiger partial charge in [-0.25, -0.2) is 0 Å². The number of aliphatic hydroxyl groups excluding tert-OH is 3. The van der Waals surface area contributed by atoms with Crippen molar-refractivity contribution in [1.29, 1.82) is 0 Å². The van der Waals surface area contributed by atoms with Crippen molar-refractivity contribution in [2.24, 2.45) is 0 Å². The van der Waals surface area contributed by atoms with E-state index >= 15 is 0 Å². The van der Waals surface area contributed by atoms with Crippen LogP contribution >= 0.6 is 0 Å². The third-order valence-electron chi connectivity index (χ3n) is 2.04. The van der Waals surface area contributed by atoms with Crippen LogP contribution in [0.4, 0.5) is 0 Å². The van der Waals surface area contributed by atoms with Gasteiger partial charge in [0.15, 0.2) is 6.29 Å². The topological polar surface area (TPSA) is 79.2 Å². The lowest BCUT2D eigenvalue weighted by atomic mass is 10.0. The summed E-state index contributed by atoms with van der Waals surface area (Å²) in [6, 6.07) is 0. The molecule has 0 saturated carbocycles. The van der Waals surface area contributed by atoms with Crippen molar-refractivity contribution in [2.45, 2.75) is 37.6 Å². The molecule has 0 aliphatic carbocycles. The summed E-state index contributed by atoms with van der Waals surface area (Å²) >= 11 is 0. The Kier molecular flexibility index (Phi) is 3.03. The van der Waals surface area contributed by atoms with Gasteiger partial charge in [-0.2, -0.15) is 0 Å². The van der Waals surface area contributed by atoms with Crippen LogP contribution in [0.2, 0.25) is 0 Å². The van der Waals surface area contributed by atoms with Crippen LogP contribution < -0.4 is 0 Å². The molecular formula is C7H14O5. The average molecular weight is 178 g/mol. The zero-order valence-electron chi connectivity index (χ0n) is 7.04. The highest BCUT2D eigenvalue weighted by atomic mass is 16.7. The van der Waals surface area contributed by atoms with E-state index in [4.69, 9.17) is 9.47 Å². The molecule has 1 rings (SSSR count). The summed E-state index contributed by atoms with van der Waals surface area (Å²) in [4.78, 5) is 0. The first-order valence-electron chi connectivity index (χ1n) is 3.80. The van der Waals surface area contributed by atoms with Crippen LogP contribution in [0.3, 0.4) is 0 Å². The third-order valence-corrected chi connectivity index (χ3v) is 2.04. The van der Waals surface area contributed by atoms with Crippen molar-refractivity contribution in [3.05, 3.63) is 0 Å². The highest BCUT2D eigenvalue weighted by Gasteiger charge is 2.41. The van der Waals surface area contributed by atoms with E-state index in [9.17, 15) is 15.3 Å². The second-order valence-corrected chi connectivity index (χ2v) is 2.92. The van der Waals surface area contributed by atoms with E-state index in [1.165, 1.54) is 7.11 Å². The van der Waals surface area contributed by atoms with E-state index in [1.807, 2.05) is 0 Å².